The first-order chi connectivity index (χ1) is 18.0. The van der Waals surface area contributed by atoms with Crippen molar-refractivity contribution in [3.05, 3.63) is 40.3 Å². The molecular weight excluding hydrogens is 468 g/mol. The maximum Gasteiger partial charge on any atom is 0.360 e. The van der Waals surface area contributed by atoms with E-state index in [0.717, 1.165) is 30.2 Å². The molecule has 1 N–H and O–H groups in total. The highest BCUT2D eigenvalue weighted by Crippen LogP contribution is 2.46. The van der Waals surface area contributed by atoms with Crippen LogP contribution < -0.4 is 5.56 Å². The normalized spacial score (nSPS) is 32.6. The number of aromatic nitrogens is 2. The van der Waals surface area contributed by atoms with E-state index in [1.165, 1.54) is 71.3 Å². The average Bonchev–Trinajstić information content (AvgIpc) is 3.05. The Morgan fingerprint density at radius 1 is 0.919 bits per heavy atom. The fourth-order valence-corrected chi connectivity index (χ4v) is 8.25. The molecule has 8 nitrogen and oxygen atoms in total. The van der Waals surface area contributed by atoms with Crippen LogP contribution in [0.15, 0.2) is 34.2 Å². The molecule has 0 amide bonds. The molecule has 6 atom stereocenters. The van der Waals surface area contributed by atoms with Crippen molar-refractivity contribution in [3.63, 3.8) is 0 Å². The van der Waals surface area contributed by atoms with Gasteiger partial charge in [0.1, 0.15) is 7.11 Å². The van der Waals surface area contributed by atoms with Crippen LogP contribution in [-0.2, 0) is 9.63 Å². The summed E-state index contributed by atoms with van der Waals surface area (Å²) >= 11 is 0. The summed E-state index contributed by atoms with van der Waals surface area (Å²) in [5, 5.41) is 13.4. The Hall–Kier alpha value is -2.74. The van der Waals surface area contributed by atoms with Crippen LogP contribution in [0.2, 0.25) is 0 Å². The topological polar surface area (TPSA) is 97.0 Å². The number of para-hydroxylation sites is 2. The number of carbonyl (C=O) groups is 1. The third-order valence-corrected chi connectivity index (χ3v) is 9.55. The predicted molar refractivity (Wildman–Crippen MR) is 142 cm³/mol. The molecule has 8 heteroatoms. The second-order valence-corrected chi connectivity index (χ2v) is 11.7. The van der Waals surface area contributed by atoms with E-state index in [-0.39, 0.29) is 11.7 Å². The SMILES string of the molecule is CO/N=C(\C(=O)O)c1nc2ccccc2n([C@H]2C[C@H]3CCC[C@@H](C2)N3C2C[C@H]3CCCC[C@@H](C2)C3)c1=O. The number of carboxylic acid groups (broad SMARTS) is 1. The molecular formula is C29H38N4O4. The number of benzene rings is 1. The largest absolute Gasteiger partial charge is 0.476 e. The number of piperidine rings is 2. The molecule has 6 rings (SSSR count). The number of nitrogens with zero attached hydrogens (tertiary/aromatic N) is 4. The molecule has 37 heavy (non-hydrogen) atoms. The van der Waals surface area contributed by atoms with E-state index < -0.39 is 17.2 Å². The summed E-state index contributed by atoms with van der Waals surface area (Å²) in [6.45, 7) is 0. The number of rotatable bonds is 5. The summed E-state index contributed by atoms with van der Waals surface area (Å²) in [6.07, 6.45) is 15.1. The molecule has 2 aliphatic carbocycles. The van der Waals surface area contributed by atoms with Crippen LogP contribution in [0.3, 0.4) is 0 Å². The summed E-state index contributed by atoms with van der Waals surface area (Å²) in [6, 6.07) is 9.16. The molecule has 0 radical (unpaired) electrons. The van der Waals surface area contributed by atoms with E-state index in [2.05, 4.69) is 15.0 Å². The van der Waals surface area contributed by atoms with Crippen molar-refractivity contribution in [1.82, 2.24) is 14.5 Å². The minimum Gasteiger partial charge on any atom is -0.476 e. The Kier molecular flexibility index (Phi) is 6.78. The Morgan fingerprint density at radius 2 is 1.59 bits per heavy atom. The lowest BCUT2D eigenvalue weighted by Crippen LogP contribution is -2.58. The van der Waals surface area contributed by atoms with Crippen LogP contribution in [0.4, 0.5) is 0 Å². The Bertz CT molecular complexity index is 1230. The van der Waals surface area contributed by atoms with Crippen molar-refractivity contribution in [1.29, 1.82) is 0 Å². The highest BCUT2D eigenvalue weighted by atomic mass is 16.6. The lowest BCUT2D eigenvalue weighted by Gasteiger charge is -2.54. The monoisotopic (exact) mass is 506 g/mol. The lowest BCUT2D eigenvalue weighted by atomic mass is 9.73. The molecule has 2 aromatic rings. The van der Waals surface area contributed by atoms with Gasteiger partial charge in [-0.3, -0.25) is 9.69 Å². The van der Waals surface area contributed by atoms with Gasteiger partial charge in [-0.05, 0) is 68.9 Å². The van der Waals surface area contributed by atoms with Gasteiger partial charge in [0, 0.05) is 24.2 Å². The molecule has 4 fully saturated rings. The van der Waals surface area contributed by atoms with Crippen LogP contribution >= 0.6 is 0 Å². The Morgan fingerprint density at radius 3 is 2.24 bits per heavy atom. The second-order valence-electron chi connectivity index (χ2n) is 11.7. The second kappa shape index (κ2) is 10.2. The van der Waals surface area contributed by atoms with E-state index >= 15 is 0 Å². The molecule has 4 bridgehead atoms. The van der Waals surface area contributed by atoms with Crippen molar-refractivity contribution in [3.8, 4) is 0 Å². The number of hydrogen-bond acceptors (Lipinski definition) is 6. The van der Waals surface area contributed by atoms with Gasteiger partial charge in [-0.25, -0.2) is 9.78 Å². The van der Waals surface area contributed by atoms with Crippen molar-refractivity contribution < 1.29 is 14.7 Å². The summed E-state index contributed by atoms with van der Waals surface area (Å²) in [5.41, 5.74) is 0.369. The van der Waals surface area contributed by atoms with Gasteiger partial charge >= 0.3 is 5.97 Å². The van der Waals surface area contributed by atoms with Gasteiger partial charge in [0.2, 0.25) is 5.71 Å². The van der Waals surface area contributed by atoms with Crippen molar-refractivity contribution in [2.24, 2.45) is 17.0 Å². The summed E-state index contributed by atoms with van der Waals surface area (Å²) in [7, 11) is 1.28. The van der Waals surface area contributed by atoms with Gasteiger partial charge in [0.25, 0.3) is 5.56 Å². The number of oxime groups is 1. The maximum absolute atomic E-state index is 13.9. The van der Waals surface area contributed by atoms with Crippen molar-refractivity contribution in [2.45, 2.75) is 101 Å². The molecule has 0 spiro atoms. The third-order valence-electron chi connectivity index (χ3n) is 9.55. The minimum absolute atomic E-state index is 0.00848. The zero-order valence-corrected chi connectivity index (χ0v) is 21.7. The number of carboxylic acids is 1. The van der Waals surface area contributed by atoms with Crippen LogP contribution in [0.1, 0.15) is 88.8 Å². The lowest BCUT2D eigenvalue weighted by molar-refractivity contribution is -0.129. The van der Waals surface area contributed by atoms with E-state index in [0.29, 0.717) is 23.6 Å². The molecule has 1 aromatic heterocycles. The number of hydrogen-bond donors (Lipinski definition) is 1. The predicted octanol–water partition coefficient (Wildman–Crippen LogP) is 4.75. The van der Waals surface area contributed by atoms with E-state index in [1.54, 1.807) is 0 Å². The first kappa shape index (κ1) is 24.6. The summed E-state index contributed by atoms with van der Waals surface area (Å²) in [4.78, 5) is 37.9. The fraction of sp³-hybridized carbons (Fsp3) is 0.655. The molecule has 1 unspecified atom stereocenters. The standard InChI is InChI=1S/C29H38N4O4/c1-37-31-27(29(35)36)26-28(34)33(25-12-5-4-11-24(25)30-26)23-16-20-9-6-10-21(17-23)32(20)22-14-18-7-2-3-8-19(13-18)15-22/h4-5,11-12,18-23H,2-3,6-10,13-17H2,1H3,(H,35,36)/b31-27-/t18-,19+,20-,21+,22?,23+. The van der Waals surface area contributed by atoms with Gasteiger partial charge in [0.15, 0.2) is 5.69 Å². The van der Waals surface area contributed by atoms with Gasteiger partial charge in [-0.2, -0.15) is 0 Å². The first-order valence-electron chi connectivity index (χ1n) is 14.2. The Balaban J connectivity index is 1.36. The van der Waals surface area contributed by atoms with Crippen LogP contribution in [0.25, 0.3) is 11.0 Å². The van der Waals surface area contributed by atoms with Crippen molar-refractivity contribution in [2.75, 3.05) is 7.11 Å². The highest BCUT2D eigenvalue weighted by molar-refractivity contribution is 6.41. The molecule has 3 heterocycles. The maximum atomic E-state index is 13.9. The number of fused-ring (bicyclic) bond motifs is 5. The average molecular weight is 507 g/mol. The van der Waals surface area contributed by atoms with Crippen LogP contribution in [-0.4, -0.2) is 56.5 Å². The van der Waals surface area contributed by atoms with E-state index in [1.807, 2.05) is 28.8 Å². The zero-order valence-electron chi connectivity index (χ0n) is 21.7. The number of aliphatic carboxylic acids is 1. The van der Waals surface area contributed by atoms with Gasteiger partial charge in [0.05, 0.1) is 11.0 Å². The zero-order chi connectivity index (χ0) is 25.5. The minimum atomic E-state index is -1.32. The smallest absolute Gasteiger partial charge is 0.360 e. The van der Waals surface area contributed by atoms with Gasteiger partial charge < -0.3 is 14.5 Å². The molecule has 198 valence electrons. The summed E-state index contributed by atoms with van der Waals surface area (Å²) < 4.78 is 1.83. The van der Waals surface area contributed by atoms with E-state index in [9.17, 15) is 14.7 Å². The Labute approximate surface area is 217 Å². The molecule has 2 aliphatic heterocycles. The summed E-state index contributed by atoms with van der Waals surface area (Å²) in [5.74, 6) is 0.445. The van der Waals surface area contributed by atoms with Gasteiger partial charge in [-0.15, -0.1) is 0 Å². The quantitative estimate of drug-likeness (QED) is 0.464. The fourth-order valence-electron chi connectivity index (χ4n) is 8.25. The molecule has 2 saturated heterocycles. The molecule has 1 aromatic carbocycles. The van der Waals surface area contributed by atoms with Crippen molar-refractivity contribution >= 4 is 22.7 Å². The van der Waals surface area contributed by atoms with Crippen LogP contribution in [0, 0.1) is 11.8 Å². The van der Waals surface area contributed by atoms with Crippen LogP contribution in [0.5, 0.6) is 0 Å². The van der Waals surface area contributed by atoms with E-state index in [4.69, 9.17) is 4.84 Å². The molecule has 2 saturated carbocycles. The molecule has 4 aliphatic rings. The third kappa shape index (κ3) is 4.58. The first-order valence-corrected chi connectivity index (χ1v) is 14.2. The van der Waals surface area contributed by atoms with Gasteiger partial charge in [-0.1, -0.05) is 49.4 Å². The highest BCUT2D eigenvalue weighted by Gasteiger charge is 2.45.